The molecule has 1 aliphatic rings. The van der Waals surface area contributed by atoms with Crippen molar-refractivity contribution in [2.24, 2.45) is 7.05 Å². The first-order valence-electron chi connectivity index (χ1n) is 5.57. The molecule has 0 amide bonds. The van der Waals surface area contributed by atoms with Gasteiger partial charge in [0.1, 0.15) is 16.0 Å². The number of methoxy groups -OCH3 is 1. The number of halogens is 1. The molecule has 0 unspecified atom stereocenters. The van der Waals surface area contributed by atoms with Gasteiger partial charge >= 0.3 is 0 Å². The van der Waals surface area contributed by atoms with Gasteiger partial charge in [-0.3, -0.25) is 4.68 Å². The van der Waals surface area contributed by atoms with Gasteiger partial charge in [-0.05, 0) is 22.0 Å². The van der Waals surface area contributed by atoms with Crippen LogP contribution in [0.3, 0.4) is 0 Å². The van der Waals surface area contributed by atoms with E-state index in [0.717, 1.165) is 11.1 Å². The normalized spacial score (nSPS) is 12.8. The molecule has 0 fully saturated rings. The zero-order chi connectivity index (χ0) is 13.6. The summed E-state index contributed by atoms with van der Waals surface area (Å²) in [5, 5.41) is 4.14. The number of benzene rings is 1. The van der Waals surface area contributed by atoms with Gasteiger partial charge in [0.05, 0.1) is 13.3 Å². The minimum absolute atomic E-state index is 0.197. The van der Waals surface area contributed by atoms with Crippen LogP contribution in [0, 0.1) is 0 Å². The fourth-order valence-corrected chi connectivity index (χ4v) is 2.72. The molecule has 2 heterocycles. The van der Waals surface area contributed by atoms with Crippen LogP contribution >= 0.6 is 15.9 Å². The van der Waals surface area contributed by atoms with Crippen LogP contribution in [0.2, 0.25) is 0 Å². The van der Waals surface area contributed by atoms with Crippen LogP contribution in [0.15, 0.2) is 16.7 Å². The van der Waals surface area contributed by atoms with E-state index in [9.17, 15) is 0 Å². The summed E-state index contributed by atoms with van der Waals surface area (Å²) >= 11 is 3.47. The number of nitrogens with zero attached hydrogens (tertiary/aromatic N) is 2. The van der Waals surface area contributed by atoms with Crippen LogP contribution < -0.4 is 19.9 Å². The summed E-state index contributed by atoms with van der Waals surface area (Å²) in [6.45, 7) is 0.197. The molecule has 1 aromatic heterocycles. The summed E-state index contributed by atoms with van der Waals surface area (Å²) in [6.07, 6.45) is 1.70. The van der Waals surface area contributed by atoms with Gasteiger partial charge in [-0.15, -0.1) is 0 Å². The smallest absolute Gasteiger partial charge is 0.231 e. The highest BCUT2D eigenvalue weighted by Crippen LogP contribution is 2.50. The third-order valence-corrected chi connectivity index (χ3v) is 3.76. The van der Waals surface area contributed by atoms with E-state index in [1.54, 1.807) is 25.0 Å². The van der Waals surface area contributed by atoms with E-state index in [1.165, 1.54) is 0 Å². The van der Waals surface area contributed by atoms with Crippen LogP contribution in [0.1, 0.15) is 0 Å². The molecule has 0 spiro atoms. The van der Waals surface area contributed by atoms with Crippen LogP contribution in [0.5, 0.6) is 17.2 Å². The van der Waals surface area contributed by atoms with Crippen LogP contribution in [-0.2, 0) is 7.05 Å². The Morgan fingerprint density at radius 2 is 2.21 bits per heavy atom. The SMILES string of the molecule is COc1c(-c2cnn(C)c2N)cc2c(c1Br)OCO2. The van der Waals surface area contributed by atoms with Crippen molar-refractivity contribution in [2.45, 2.75) is 0 Å². The van der Waals surface area contributed by atoms with Crippen molar-refractivity contribution in [1.82, 2.24) is 9.78 Å². The largest absolute Gasteiger partial charge is 0.495 e. The highest BCUT2D eigenvalue weighted by atomic mass is 79.9. The molecule has 3 rings (SSSR count). The maximum Gasteiger partial charge on any atom is 0.231 e. The van der Waals surface area contributed by atoms with Gasteiger partial charge in [-0.25, -0.2) is 0 Å². The second-order valence-corrected chi connectivity index (χ2v) is 4.87. The van der Waals surface area contributed by atoms with E-state index in [0.29, 0.717) is 27.5 Å². The average molecular weight is 326 g/mol. The number of nitrogens with two attached hydrogens (primary N) is 1. The Kier molecular flexibility index (Phi) is 2.78. The first kappa shape index (κ1) is 12.2. The summed E-state index contributed by atoms with van der Waals surface area (Å²) in [4.78, 5) is 0. The molecule has 0 atom stereocenters. The third kappa shape index (κ3) is 1.73. The number of hydrogen-bond donors (Lipinski definition) is 1. The minimum Gasteiger partial charge on any atom is -0.495 e. The predicted molar refractivity (Wildman–Crippen MR) is 73.4 cm³/mol. The van der Waals surface area contributed by atoms with Crippen molar-refractivity contribution in [3.05, 3.63) is 16.7 Å². The molecular weight excluding hydrogens is 314 g/mol. The van der Waals surface area contributed by atoms with E-state index in [1.807, 2.05) is 6.07 Å². The van der Waals surface area contributed by atoms with Crippen LogP contribution in [0.4, 0.5) is 5.82 Å². The molecule has 0 radical (unpaired) electrons. The molecule has 2 aromatic rings. The van der Waals surface area contributed by atoms with Crippen molar-refractivity contribution < 1.29 is 14.2 Å². The molecule has 0 bridgehead atoms. The quantitative estimate of drug-likeness (QED) is 0.916. The monoisotopic (exact) mass is 325 g/mol. The third-order valence-electron chi connectivity index (χ3n) is 3.04. The molecule has 2 N–H and O–H groups in total. The van der Waals surface area contributed by atoms with E-state index < -0.39 is 0 Å². The first-order chi connectivity index (χ1) is 9.13. The van der Waals surface area contributed by atoms with E-state index in [2.05, 4.69) is 21.0 Å². The topological polar surface area (TPSA) is 71.5 Å². The number of anilines is 1. The summed E-state index contributed by atoms with van der Waals surface area (Å²) in [6, 6.07) is 1.85. The van der Waals surface area contributed by atoms with Crippen molar-refractivity contribution in [3.8, 4) is 28.4 Å². The predicted octanol–water partition coefficient (Wildman–Crippen LogP) is 2.17. The van der Waals surface area contributed by atoms with Gasteiger partial charge in [-0.1, -0.05) is 0 Å². The van der Waals surface area contributed by atoms with Crippen molar-refractivity contribution in [1.29, 1.82) is 0 Å². The van der Waals surface area contributed by atoms with Gasteiger partial charge in [0.15, 0.2) is 11.5 Å². The summed E-state index contributed by atoms with van der Waals surface area (Å²) in [7, 11) is 3.38. The number of hydrogen-bond acceptors (Lipinski definition) is 5. The number of aryl methyl sites for hydroxylation is 1. The molecule has 1 aliphatic heterocycles. The zero-order valence-corrected chi connectivity index (χ0v) is 12.0. The van der Waals surface area contributed by atoms with Crippen molar-refractivity contribution in [3.63, 3.8) is 0 Å². The Bertz CT molecular complexity index is 654. The molecule has 0 aliphatic carbocycles. The van der Waals surface area contributed by atoms with Crippen molar-refractivity contribution in [2.75, 3.05) is 19.6 Å². The van der Waals surface area contributed by atoms with E-state index in [-0.39, 0.29) is 6.79 Å². The summed E-state index contributed by atoms with van der Waals surface area (Å²) in [5.41, 5.74) is 7.61. The number of aromatic nitrogens is 2. The zero-order valence-electron chi connectivity index (χ0n) is 10.4. The van der Waals surface area contributed by atoms with Crippen LogP contribution in [-0.4, -0.2) is 23.7 Å². The molecule has 0 saturated heterocycles. The standard InChI is InChI=1S/C12H12BrN3O3/c1-16-12(14)7(4-15-16)6-3-8-11(19-5-18-8)9(13)10(6)17-2/h3-4H,5,14H2,1-2H3. The summed E-state index contributed by atoms with van der Waals surface area (Å²) in [5.74, 6) is 2.50. The van der Waals surface area contributed by atoms with Gasteiger partial charge in [0.2, 0.25) is 6.79 Å². The minimum atomic E-state index is 0.197. The number of ether oxygens (including phenoxy) is 3. The summed E-state index contributed by atoms with van der Waals surface area (Å²) < 4.78 is 18.6. The average Bonchev–Trinajstić information content (AvgIpc) is 2.98. The Morgan fingerprint density at radius 1 is 1.42 bits per heavy atom. The number of rotatable bonds is 2. The van der Waals surface area contributed by atoms with Crippen LogP contribution in [0.25, 0.3) is 11.1 Å². The highest BCUT2D eigenvalue weighted by molar-refractivity contribution is 9.10. The maximum atomic E-state index is 6.01. The van der Waals surface area contributed by atoms with Gasteiger partial charge < -0.3 is 19.9 Å². The first-order valence-corrected chi connectivity index (χ1v) is 6.36. The van der Waals surface area contributed by atoms with Gasteiger partial charge in [0.25, 0.3) is 0 Å². The van der Waals surface area contributed by atoms with E-state index in [4.69, 9.17) is 19.9 Å². The fraction of sp³-hybridized carbons (Fsp3) is 0.250. The molecular formula is C12H12BrN3O3. The van der Waals surface area contributed by atoms with Crippen molar-refractivity contribution >= 4 is 21.7 Å². The van der Waals surface area contributed by atoms with Gasteiger partial charge in [-0.2, -0.15) is 5.10 Å². The molecule has 19 heavy (non-hydrogen) atoms. The lowest BCUT2D eigenvalue weighted by atomic mass is 10.1. The Labute approximate surface area is 118 Å². The molecule has 0 saturated carbocycles. The van der Waals surface area contributed by atoms with Gasteiger partial charge in [0, 0.05) is 18.2 Å². The number of fused-ring (bicyclic) bond motifs is 1. The fourth-order valence-electron chi connectivity index (χ4n) is 2.04. The lowest BCUT2D eigenvalue weighted by molar-refractivity contribution is 0.173. The maximum absolute atomic E-state index is 6.01. The van der Waals surface area contributed by atoms with E-state index >= 15 is 0 Å². The lowest BCUT2D eigenvalue weighted by Crippen LogP contribution is -1.99. The molecule has 6 nitrogen and oxygen atoms in total. The Balaban J connectivity index is 2.26. The number of nitrogen functional groups attached to an aromatic ring is 1. The molecule has 100 valence electrons. The second-order valence-electron chi connectivity index (χ2n) is 4.07. The highest BCUT2D eigenvalue weighted by Gasteiger charge is 2.25. The Hall–Kier alpha value is -1.89. The molecule has 7 heteroatoms. The second kappa shape index (κ2) is 4.34. The molecule has 1 aromatic carbocycles. The lowest BCUT2D eigenvalue weighted by Gasteiger charge is -2.12. The Morgan fingerprint density at radius 3 is 2.84 bits per heavy atom.